The number of carbonyl (C=O) groups excluding carboxylic acids is 1. The van der Waals surface area contributed by atoms with Gasteiger partial charge < -0.3 is 15.5 Å². The second-order valence-electron chi connectivity index (χ2n) is 6.29. The molecule has 0 heterocycles. The number of aliphatic imine (C=N–C) groups is 1. The fourth-order valence-electron chi connectivity index (χ4n) is 2.76. The van der Waals surface area contributed by atoms with Crippen molar-refractivity contribution in [3.63, 3.8) is 0 Å². The van der Waals surface area contributed by atoms with Gasteiger partial charge in [0.05, 0.1) is 0 Å². The van der Waals surface area contributed by atoms with E-state index in [0.29, 0.717) is 5.41 Å². The van der Waals surface area contributed by atoms with E-state index in [1.165, 1.54) is 32.1 Å². The highest BCUT2D eigenvalue weighted by Crippen LogP contribution is 2.40. The van der Waals surface area contributed by atoms with Gasteiger partial charge in [0.1, 0.15) is 6.54 Å². The summed E-state index contributed by atoms with van der Waals surface area (Å²) in [5.74, 6) is 0.797. The first-order valence-corrected chi connectivity index (χ1v) is 8.25. The summed E-state index contributed by atoms with van der Waals surface area (Å²) in [7, 11) is 3.52. The molecule has 0 aliphatic heterocycles. The Morgan fingerprint density at radius 1 is 1.19 bits per heavy atom. The molecule has 0 atom stereocenters. The lowest BCUT2D eigenvalue weighted by atomic mass is 9.83. The van der Waals surface area contributed by atoms with Crippen molar-refractivity contribution in [3.05, 3.63) is 0 Å². The molecule has 5 heteroatoms. The molecule has 1 rings (SSSR count). The summed E-state index contributed by atoms with van der Waals surface area (Å²) in [6.07, 6.45) is 7.52. The largest absolute Gasteiger partial charge is 0.356 e. The van der Waals surface area contributed by atoms with E-state index < -0.39 is 0 Å². The molecule has 1 saturated carbocycles. The lowest BCUT2D eigenvalue weighted by Crippen LogP contribution is -2.43. The molecule has 0 aromatic heterocycles. The van der Waals surface area contributed by atoms with Crippen LogP contribution in [-0.4, -0.2) is 50.5 Å². The van der Waals surface area contributed by atoms with E-state index in [1.54, 1.807) is 19.0 Å². The predicted octanol–water partition coefficient (Wildman–Crippen LogP) is 1.99. The Morgan fingerprint density at radius 2 is 1.86 bits per heavy atom. The summed E-state index contributed by atoms with van der Waals surface area (Å²) in [4.78, 5) is 17.7. The van der Waals surface area contributed by atoms with Crippen LogP contribution in [0.25, 0.3) is 0 Å². The third-order valence-electron chi connectivity index (χ3n) is 4.46. The maximum Gasteiger partial charge on any atom is 0.243 e. The first-order valence-electron chi connectivity index (χ1n) is 8.25. The number of nitrogens with zero attached hydrogens (tertiary/aromatic N) is 2. The quantitative estimate of drug-likeness (QED) is 0.558. The van der Waals surface area contributed by atoms with Gasteiger partial charge in [0.2, 0.25) is 5.91 Å². The Labute approximate surface area is 129 Å². The first kappa shape index (κ1) is 17.8. The molecule has 2 N–H and O–H groups in total. The summed E-state index contributed by atoms with van der Waals surface area (Å²) >= 11 is 0. The summed E-state index contributed by atoms with van der Waals surface area (Å²) in [5, 5.41) is 6.75. The molecule has 1 aliphatic rings. The second-order valence-corrected chi connectivity index (χ2v) is 6.29. The molecule has 0 aromatic rings. The van der Waals surface area contributed by atoms with Gasteiger partial charge >= 0.3 is 0 Å². The van der Waals surface area contributed by atoms with Crippen LogP contribution in [0.1, 0.15) is 52.4 Å². The molecule has 1 aliphatic carbocycles. The summed E-state index contributed by atoms with van der Waals surface area (Å²) in [6, 6.07) is 0. The Hall–Kier alpha value is -1.26. The third-order valence-corrected chi connectivity index (χ3v) is 4.46. The van der Waals surface area contributed by atoms with Crippen molar-refractivity contribution in [2.45, 2.75) is 52.4 Å². The van der Waals surface area contributed by atoms with E-state index >= 15 is 0 Å². The van der Waals surface area contributed by atoms with Crippen molar-refractivity contribution in [1.29, 1.82) is 0 Å². The van der Waals surface area contributed by atoms with Crippen LogP contribution < -0.4 is 10.6 Å². The Morgan fingerprint density at radius 3 is 2.38 bits per heavy atom. The molecule has 0 spiro atoms. The number of rotatable bonds is 7. The fourth-order valence-corrected chi connectivity index (χ4v) is 2.76. The van der Waals surface area contributed by atoms with Crippen molar-refractivity contribution < 1.29 is 4.79 Å². The van der Waals surface area contributed by atoms with Crippen LogP contribution in [0.5, 0.6) is 0 Å². The standard InChI is InChI=1S/C16H32N4O/c1-5-11-17-15(18-12-14(21)20(3)4)19-13-16(6-2)9-7-8-10-16/h5-13H2,1-4H3,(H2,17,18,19). The zero-order valence-corrected chi connectivity index (χ0v) is 14.2. The average Bonchev–Trinajstić information content (AvgIpc) is 2.95. The van der Waals surface area contributed by atoms with E-state index in [-0.39, 0.29) is 12.5 Å². The van der Waals surface area contributed by atoms with Gasteiger partial charge in [-0.1, -0.05) is 26.7 Å². The maximum atomic E-state index is 11.7. The Kier molecular flexibility index (Phi) is 7.54. The molecule has 0 bridgehead atoms. The highest BCUT2D eigenvalue weighted by molar-refractivity contribution is 5.84. The number of guanidine groups is 1. The van der Waals surface area contributed by atoms with Gasteiger partial charge in [-0.2, -0.15) is 0 Å². The molecule has 122 valence electrons. The topological polar surface area (TPSA) is 56.7 Å². The number of hydrogen-bond acceptors (Lipinski definition) is 2. The molecular formula is C16H32N4O. The van der Waals surface area contributed by atoms with Gasteiger partial charge in [-0.05, 0) is 31.1 Å². The summed E-state index contributed by atoms with van der Waals surface area (Å²) in [6.45, 7) is 6.43. The molecule has 0 saturated heterocycles. The van der Waals surface area contributed by atoms with Crippen LogP contribution in [0.4, 0.5) is 0 Å². The van der Waals surface area contributed by atoms with Crippen LogP contribution in [0.2, 0.25) is 0 Å². The van der Waals surface area contributed by atoms with Crippen LogP contribution >= 0.6 is 0 Å². The van der Waals surface area contributed by atoms with E-state index in [1.807, 2.05) is 0 Å². The predicted molar refractivity (Wildman–Crippen MR) is 88.5 cm³/mol. The van der Waals surface area contributed by atoms with E-state index in [9.17, 15) is 4.79 Å². The van der Waals surface area contributed by atoms with Gasteiger partial charge in [0.25, 0.3) is 0 Å². The van der Waals surface area contributed by atoms with Gasteiger partial charge in [0.15, 0.2) is 5.96 Å². The number of nitrogens with one attached hydrogen (secondary N) is 2. The second kappa shape index (κ2) is 8.90. The molecule has 0 aromatic carbocycles. The Balaban J connectivity index is 2.56. The zero-order valence-electron chi connectivity index (χ0n) is 14.2. The van der Waals surface area contributed by atoms with E-state index in [4.69, 9.17) is 0 Å². The monoisotopic (exact) mass is 296 g/mol. The lowest BCUT2D eigenvalue weighted by Gasteiger charge is -2.28. The molecule has 21 heavy (non-hydrogen) atoms. The SMILES string of the molecule is CCCNC(=NCC(=O)N(C)C)NCC1(CC)CCCC1. The molecule has 1 fully saturated rings. The molecule has 5 nitrogen and oxygen atoms in total. The highest BCUT2D eigenvalue weighted by atomic mass is 16.2. The van der Waals surface area contributed by atoms with E-state index in [0.717, 1.165) is 25.5 Å². The number of carbonyl (C=O) groups is 1. The Bertz CT molecular complexity index is 346. The zero-order chi connectivity index (χ0) is 15.7. The van der Waals surface area contributed by atoms with Crippen molar-refractivity contribution in [1.82, 2.24) is 15.5 Å². The van der Waals surface area contributed by atoms with Gasteiger partial charge in [-0.15, -0.1) is 0 Å². The van der Waals surface area contributed by atoms with Crippen molar-refractivity contribution in [2.24, 2.45) is 10.4 Å². The summed E-state index contributed by atoms with van der Waals surface area (Å²) < 4.78 is 0. The summed E-state index contributed by atoms with van der Waals surface area (Å²) in [5.41, 5.74) is 0.417. The number of hydrogen-bond donors (Lipinski definition) is 2. The molecule has 0 radical (unpaired) electrons. The number of likely N-dealkylation sites (N-methyl/N-ethyl adjacent to an activating group) is 1. The van der Waals surface area contributed by atoms with Crippen molar-refractivity contribution in [3.8, 4) is 0 Å². The minimum Gasteiger partial charge on any atom is -0.356 e. The van der Waals surface area contributed by atoms with Crippen LogP contribution in [0.15, 0.2) is 4.99 Å². The minimum absolute atomic E-state index is 0.0265. The van der Waals surface area contributed by atoms with Crippen LogP contribution in [0.3, 0.4) is 0 Å². The maximum absolute atomic E-state index is 11.7. The van der Waals surface area contributed by atoms with E-state index in [2.05, 4.69) is 29.5 Å². The smallest absolute Gasteiger partial charge is 0.243 e. The van der Waals surface area contributed by atoms with Crippen LogP contribution in [-0.2, 0) is 4.79 Å². The minimum atomic E-state index is 0.0265. The fraction of sp³-hybridized carbons (Fsp3) is 0.875. The number of amides is 1. The molecule has 1 amide bonds. The van der Waals surface area contributed by atoms with Crippen molar-refractivity contribution >= 4 is 11.9 Å². The highest BCUT2D eigenvalue weighted by Gasteiger charge is 2.31. The van der Waals surface area contributed by atoms with Crippen LogP contribution in [0, 0.1) is 5.41 Å². The lowest BCUT2D eigenvalue weighted by molar-refractivity contribution is -0.127. The molecule has 0 unspecified atom stereocenters. The van der Waals surface area contributed by atoms with Gasteiger partial charge in [-0.25, -0.2) is 4.99 Å². The van der Waals surface area contributed by atoms with Gasteiger partial charge in [0, 0.05) is 27.2 Å². The van der Waals surface area contributed by atoms with Crippen molar-refractivity contribution in [2.75, 3.05) is 33.7 Å². The molecular weight excluding hydrogens is 264 g/mol. The average molecular weight is 296 g/mol. The normalized spacial score (nSPS) is 17.6. The van der Waals surface area contributed by atoms with Gasteiger partial charge in [-0.3, -0.25) is 4.79 Å². The first-order chi connectivity index (χ1) is 10.0. The third kappa shape index (κ3) is 5.94.